The number of hydrogen-bond acceptors (Lipinski definition) is 4. The summed E-state index contributed by atoms with van der Waals surface area (Å²) in [5, 5.41) is 8.93. The molecule has 0 aliphatic rings. The summed E-state index contributed by atoms with van der Waals surface area (Å²) >= 11 is 0. The highest BCUT2D eigenvalue weighted by molar-refractivity contribution is 6.12. The molecule has 0 saturated carbocycles. The molecular weight excluding hydrogens is 280 g/mol. The number of benzene rings is 1. The van der Waals surface area contributed by atoms with Gasteiger partial charge in [0.15, 0.2) is 5.78 Å². The first-order valence-corrected chi connectivity index (χ1v) is 6.90. The first-order chi connectivity index (χ1) is 10.5. The summed E-state index contributed by atoms with van der Waals surface area (Å²) in [6.07, 6.45) is 0. The molecule has 5 heteroatoms. The molecule has 0 spiro atoms. The number of esters is 1. The van der Waals surface area contributed by atoms with E-state index in [2.05, 4.69) is 4.98 Å². The van der Waals surface area contributed by atoms with E-state index < -0.39 is 5.97 Å². The molecule has 0 fully saturated rings. The predicted octanol–water partition coefficient (Wildman–Crippen LogP) is 2.91. The summed E-state index contributed by atoms with van der Waals surface area (Å²) in [6, 6.07) is 8.50. The average molecular weight is 296 g/mol. The standard InChI is InChI=1S/C17H16N2O3/c1-4-22-17(21)15-10(2)14(11(3)19-15)16(20)13-7-5-6-12(8-13)9-18/h5-8,19H,4H2,1-3H3. The maximum Gasteiger partial charge on any atom is 0.355 e. The Morgan fingerprint density at radius 3 is 2.68 bits per heavy atom. The van der Waals surface area contributed by atoms with Crippen LogP contribution < -0.4 is 0 Å². The molecule has 0 atom stereocenters. The van der Waals surface area contributed by atoms with E-state index in [1.807, 2.05) is 6.07 Å². The van der Waals surface area contributed by atoms with Crippen molar-refractivity contribution in [1.29, 1.82) is 5.26 Å². The Hall–Kier alpha value is -2.87. The van der Waals surface area contributed by atoms with Crippen LogP contribution in [-0.4, -0.2) is 23.3 Å². The third-order valence-electron chi connectivity index (χ3n) is 3.40. The maximum atomic E-state index is 12.7. The Kier molecular flexibility index (Phi) is 4.42. The molecule has 0 bridgehead atoms. The van der Waals surface area contributed by atoms with Crippen LogP contribution in [0.1, 0.15) is 50.2 Å². The molecule has 1 aromatic carbocycles. The van der Waals surface area contributed by atoms with Crippen LogP contribution in [0.25, 0.3) is 0 Å². The van der Waals surface area contributed by atoms with Gasteiger partial charge in [0.1, 0.15) is 5.69 Å². The van der Waals surface area contributed by atoms with E-state index in [9.17, 15) is 9.59 Å². The highest BCUT2D eigenvalue weighted by atomic mass is 16.5. The van der Waals surface area contributed by atoms with Crippen LogP contribution in [-0.2, 0) is 4.74 Å². The van der Waals surface area contributed by atoms with Gasteiger partial charge in [0.05, 0.1) is 18.2 Å². The first-order valence-electron chi connectivity index (χ1n) is 6.90. The lowest BCUT2D eigenvalue weighted by Gasteiger charge is -2.03. The zero-order chi connectivity index (χ0) is 16.3. The van der Waals surface area contributed by atoms with Gasteiger partial charge < -0.3 is 9.72 Å². The number of hydrogen-bond donors (Lipinski definition) is 1. The third-order valence-corrected chi connectivity index (χ3v) is 3.40. The molecule has 0 amide bonds. The zero-order valence-corrected chi connectivity index (χ0v) is 12.7. The lowest BCUT2D eigenvalue weighted by Crippen LogP contribution is -2.08. The molecule has 0 radical (unpaired) electrons. The van der Waals surface area contributed by atoms with Gasteiger partial charge >= 0.3 is 5.97 Å². The molecule has 0 aliphatic heterocycles. The van der Waals surface area contributed by atoms with Crippen molar-refractivity contribution < 1.29 is 14.3 Å². The molecule has 0 aliphatic carbocycles. The van der Waals surface area contributed by atoms with E-state index in [1.54, 1.807) is 39.0 Å². The van der Waals surface area contributed by atoms with Gasteiger partial charge in [-0.25, -0.2) is 4.79 Å². The van der Waals surface area contributed by atoms with Gasteiger partial charge in [-0.3, -0.25) is 4.79 Å². The van der Waals surface area contributed by atoms with Crippen LogP contribution in [0.3, 0.4) is 0 Å². The minimum absolute atomic E-state index is 0.223. The summed E-state index contributed by atoms with van der Waals surface area (Å²) < 4.78 is 4.97. The van der Waals surface area contributed by atoms with Gasteiger partial charge in [0.25, 0.3) is 0 Å². The highest BCUT2D eigenvalue weighted by Gasteiger charge is 2.23. The van der Waals surface area contributed by atoms with Crippen LogP contribution in [0.4, 0.5) is 0 Å². The number of aryl methyl sites for hydroxylation is 1. The second kappa shape index (κ2) is 6.27. The Bertz CT molecular complexity index is 782. The number of carbonyl (C=O) groups is 2. The highest BCUT2D eigenvalue weighted by Crippen LogP contribution is 2.22. The Morgan fingerprint density at radius 1 is 1.32 bits per heavy atom. The molecule has 5 nitrogen and oxygen atoms in total. The normalized spacial score (nSPS) is 10.1. The summed E-state index contributed by atoms with van der Waals surface area (Å²) in [6.45, 7) is 5.43. The molecule has 1 heterocycles. The second-order valence-corrected chi connectivity index (χ2v) is 4.87. The number of rotatable bonds is 4. The molecule has 1 N–H and O–H groups in total. The van der Waals surface area contributed by atoms with Crippen molar-refractivity contribution in [2.75, 3.05) is 6.61 Å². The minimum atomic E-state index is -0.479. The fourth-order valence-electron chi connectivity index (χ4n) is 2.37. The monoisotopic (exact) mass is 296 g/mol. The molecule has 1 aromatic heterocycles. The van der Waals surface area contributed by atoms with E-state index in [0.717, 1.165) is 0 Å². The fourth-order valence-corrected chi connectivity index (χ4v) is 2.37. The van der Waals surface area contributed by atoms with Crippen molar-refractivity contribution in [2.45, 2.75) is 20.8 Å². The molecule has 112 valence electrons. The second-order valence-electron chi connectivity index (χ2n) is 4.87. The number of ether oxygens (including phenoxy) is 1. The number of nitrogens with one attached hydrogen (secondary N) is 1. The number of carbonyl (C=O) groups excluding carboxylic acids is 2. The quantitative estimate of drug-likeness (QED) is 0.694. The topological polar surface area (TPSA) is 83.0 Å². The largest absolute Gasteiger partial charge is 0.461 e. The SMILES string of the molecule is CCOC(=O)c1[nH]c(C)c(C(=O)c2cccc(C#N)c2)c1C. The first kappa shape index (κ1) is 15.5. The lowest BCUT2D eigenvalue weighted by molar-refractivity contribution is 0.0519. The van der Waals surface area contributed by atoms with E-state index in [4.69, 9.17) is 10.00 Å². The van der Waals surface area contributed by atoms with E-state index in [-0.39, 0.29) is 12.4 Å². The number of H-pyrrole nitrogens is 1. The van der Waals surface area contributed by atoms with Crippen LogP contribution in [0, 0.1) is 25.2 Å². The van der Waals surface area contributed by atoms with Gasteiger partial charge in [-0.05, 0) is 38.5 Å². The van der Waals surface area contributed by atoms with Gasteiger partial charge in [-0.15, -0.1) is 0 Å². The summed E-state index contributed by atoms with van der Waals surface area (Å²) in [4.78, 5) is 27.5. The van der Waals surface area contributed by atoms with Crippen LogP contribution >= 0.6 is 0 Å². The molecule has 0 saturated heterocycles. The molecule has 22 heavy (non-hydrogen) atoms. The van der Waals surface area contributed by atoms with Crippen molar-refractivity contribution in [3.63, 3.8) is 0 Å². The molecule has 2 aromatic rings. The smallest absolute Gasteiger partial charge is 0.355 e. The average Bonchev–Trinajstić information content (AvgIpc) is 2.82. The van der Waals surface area contributed by atoms with Crippen molar-refractivity contribution in [3.05, 3.63) is 57.9 Å². The number of aromatic amines is 1. The Balaban J connectivity index is 2.46. The van der Waals surface area contributed by atoms with Gasteiger partial charge in [-0.1, -0.05) is 12.1 Å². The minimum Gasteiger partial charge on any atom is -0.461 e. The van der Waals surface area contributed by atoms with E-state index in [1.165, 1.54) is 6.07 Å². The lowest BCUT2D eigenvalue weighted by atomic mass is 9.98. The summed E-state index contributed by atoms with van der Waals surface area (Å²) in [5.74, 6) is -0.702. The van der Waals surface area contributed by atoms with Crippen LogP contribution in [0.5, 0.6) is 0 Å². The van der Waals surface area contributed by atoms with Crippen molar-refractivity contribution in [2.24, 2.45) is 0 Å². The summed E-state index contributed by atoms with van der Waals surface area (Å²) in [7, 11) is 0. The fraction of sp³-hybridized carbons (Fsp3) is 0.235. The Labute approximate surface area is 128 Å². The van der Waals surface area contributed by atoms with Gasteiger partial charge in [-0.2, -0.15) is 5.26 Å². The number of nitrogens with zero attached hydrogens (tertiary/aromatic N) is 1. The number of aromatic nitrogens is 1. The number of ketones is 1. The number of nitriles is 1. The van der Waals surface area contributed by atoms with Gasteiger partial charge in [0.2, 0.25) is 0 Å². The molecule has 0 unspecified atom stereocenters. The van der Waals surface area contributed by atoms with Crippen LogP contribution in [0.15, 0.2) is 24.3 Å². The van der Waals surface area contributed by atoms with Crippen molar-refractivity contribution in [3.8, 4) is 6.07 Å². The van der Waals surface area contributed by atoms with Gasteiger partial charge in [0, 0.05) is 16.8 Å². The Morgan fingerprint density at radius 2 is 2.05 bits per heavy atom. The third kappa shape index (κ3) is 2.77. The van der Waals surface area contributed by atoms with Crippen molar-refractivity contribution in [1.82, 2.24) is 4.98 Å². The molecule has 2 rings (SSSR count). The van der Waals surface area contributed by atoms with Crippen molar-refractivity contribution >= 4 is 11.8 Å². The summed E-state index contributed by atoms with van der Waals surface area (Å²) in [5.41, 5.74) is 2.73. The maximum absolute atomic E-state index is 12.7. The predicted molar refractivity (Wildman–Crippen MR) is 80.8 cm³/mol. The van der Waals surface area contributed by atoms with E-state index >= 15 is 0 Å². The zero-order valence-electron chi connectivity index (χ0n) is 12.7. The van der Waals surface area contributed by atoms with Crippen LogP contribution in [0.2, 0.25) is 0 Å². The van der Waals surface area contributed by atoms with E-state index in [0.29, 0.717) is 33.6 Å². The molecular formula is C17H16N2O3.